The Labute approximate surface area is 139 Å². The van der Waals surface area contributed by atoms with Crippen molar-refractivity contribution in [3.05, 3.63) is 23.8 Å². The minimum Gasteiger partial charge on any atom is -0.493 e. The Morgan fingerprint density at radius 1 is 1.13 bits per heavy atom. The Kier molecular flexibility index (Phi) is 4.82. The fourth-order valence-corrected chi connectivity index (χ4v) is 3.86. The Morgan fingerprint density at radius 2 is 1.83 bits per heavy atom. The molecule has 2 saturated carbocycles. The summed E-state index contributed by atoms with van der Waals surface area (Å²) in [5.74, 6) is 4.58. The average Bonchev–Trinajstić information content (AvgIpc) is 3.09. The van der Waals surface area contributed by atoms with Crippen molar-refractivity contribution >= 4 is 0 Å². The molecule has 124 valence electrons. The Morgan fingerprint density at radius 3 is 2.43 bits per heavy atom. The topological polar surface area (TPSA) is 38.7 Å². The SMILES string of the molecule is C#C[C@]1(c2ccc(OC)c(OC3CCCC3)c2)CC[C@H](O)CC1. The van der Waals surface area contributed by atoms with E-state index in [1.807, 2.05) is 6.07 Å². The lowest BCUT2D eigenvalue weighted by atomic mass is 9.69. The molecule has 2 fully saturated rings. The quantitative estimate of drug-likeness (QED) is 0.859. The van der Waals surface area contributed by atoms with E-state index in [9.17, 15) is 5.11 Å². The fourth-order valence-electron chi connectivity index (χ4n) is 3.86. The molecule has 3 nitrogen and oxygen atoms in total. The smallest absolute Gasteiger partial charge is 0.161 e. The lowest BCUT2D eigenvalue weighted by Crippen LogP contribution is -2.32. The van der Waals surface area contributed by atoms with E-state index < -0.39 is 0 Å². The van der Waals surface area contributed by atoms with Crippen LogP contribution in [-0.2, 0) is 5.41 Å². The highest BCUT2D eigenvalue weighted by atomic mass is 16.5. The summed E-state index contributed by atoms with van der Waals surface area (Å²) in [5, 5.41) is 9.80. The van der Waals surface area contributed by atoms with E-state index in [0.29, 0.717) is 0 Å². The second kappa shape index (κ2) is 6.84. The summed E-state index contributed by atoms with van der Waals surface area (Å²) in [6, 6.07) is 6.08. The third-order valence-corrected chi connectivity index (χ3v) is 5.40. The molecule has 0 unspecified atom stereocenters. The molecule has 0 atom stereocenters. The molecule has 3 rings (SSSR count). The van der Waals surface area contributed by atoms with Crippen LogP contribution in [-0.4, -0.2) is 24.4 Å². The highest BCUT2D eigenvalue weighted by Crippen LogP contribution is 2.42. The first-order chi connectivity index (χ1) is 11.2. The van der Waals surface area contributed by atoms with E-state index in [-0.39, 0.29) is 17.6 Å². The number of benzene rings is 1. The van der Waals surface area contributed by atoms with E-state index in [1.165, 1.54) is 12.8 Å². The highest BCUT2D eigenvalue weighted by molar-refractivity contribution is 5.48. The molecule has 0 amide bonds. The predicted octanol–water partition coefficient (Wildman–Crippen LogP) is 3.82. The summed E-state index contributed by atoms with van der Waals surface area (Å²) >= 11 is 0. The summed E-state index contributed by atoms with van der Waals surface area (Å²) in [4.78, 5) is 0. The van der Waals surface area contributed by atoms with Crippen LogP contribution in [0, 0.1) is 12.3 Å². The van der Waals surface area contributed by atoms with Crippen LogP contribution in [0.15, 0.2) is 18.2 Å². The normalized spacial score (nSPS) is 28.3. The summed E-state index contributed by atoms with van der Waals surface area (Å²) < 4.78 is 11.7. The van der Waals surface area contributed by atoms with Gasteiger partial charge in [0.05, 0.1) is 24.7 Å². The van der Waals surface area contributed by atoms with Crippen molar-refractivity contribution in [1.82, 2.24) is 0 Å². The van der Waals surface area contributed by atoms with Gasteiger partial charge < -0.3 is 14.6 Å². The average molecular weight is 314 g/mol. The van der Waals surface area contributed by atoms with Crippen LogP contribution < -0.4 is 9.47 Å². The molecule has 2 aliphatic carbocycles. The largest absolute Gasteiger partial charge is 0.493 e. The molecule has 23 heavy (non-hydrogen) atoms. The minimum atomic E-state index is -0.292. The molecule has 0 aromatic heterocycles. The van der Waals surface area contributed by atoms with Gasteiger partial charge in [-0.25, -0.2) is 0 Å². The Hall–Kier alpha value is -1.66. The van der Waals surface area contributed by atoms with Crippen molar-refractivity contribution in [2.75, 3.05) is 7.11 Å². The van der Waals surface area contributed by atoms with Crippen LogP contribution in [0.2, 0.25) is 0 Å². The molecule has 1 aromatic carbocycles. The molecule has 2 aliphatic rings. The van der Waals surface area contributed by atoms with Gasteiger partial charge >= 0.3 is 0 Å². The van der Waals surface area contributed by atoms with Gasteiger partial charge in [0.25, 0.3) is 0 Å². The van der Waals surface area contributed by atoms with Gasteiger partial charge in [-0.15, -0.1) is 6.42 Å². The second-order valence-electron chi connectivity index (χ2n) is 6.85. The van der Waals surface area contributed by atoms with Gasteiger partial charge in [0.1, 0.15) is 0 Å². The maximum atomic E-state index is 9.80. The number of hydrogen-bond acceptors (Lipinski definition) is 3. The number of methoxy groups -OCH3 is 1. The standard InChI is InChI=1S/C20H26O3/c1-3-20(12-10-16(21)11-13-20)15-8-9-18(22-2)19(14-15)23-17-6-4-5-7-17/h1,8-9,14,16-17,21H,4-7,10-13H2,2H3/t16-,20-. The summed E-state index contributed by atoms with van der Waals surface area (Å²) in [7, 11) is 1.67. The second-order valence-corrected chi connectivity index (χ2v) is 6.85. The number of ether oxygens (including phenoxy) is 2. The highest BCUT2D eigenvalue weighted by Gasteiger charge is 2.35. The van der Waals surface area contributed by atoms with Crippen LogP contribution in [0.1, 0.15) is 56.9 Å². The van der Waals surface area contributed by atoms with Crippen molar-refractivity contribution in [3.63, 3.8) is 0 Å². The third kappa shape index (κ3) is 3.33. The van der Waals surface area contributed by atoms with Gasteiger partial charge in [-0.05, 0) is 69.1 Å². The zero-order chi connectivity index (χ0) is 16.3. The third-order valence-electron chi connectivity index (χ3n) is 5.40. The maximum absolute atomic E-state index is 9.80. The van der Waals surface area contributed by atoms with Crippen molar-refractivity contribution in [3.8, 4) is 23.8 Å². The minimum absolute atomic E-state index is 0.219. The van der Waals surface area contributed by atoms with E-state index in [0.717, 1.165) is 55.6 Å². The Bertz CT molecular complexity index is 573. The lowest BCUT2D eigenvalue weighted by Gasteiger charge is -2.35. The van der Waals surface area contributed by atoms with Crippen LogP contribution in [0.25, 0.3) is 0 Å². The summed E-state index contributed by atoms with van der Waals surface area (Å²) in [5.41, 5.74) is 0.819. The van der Waals surface area contributed by atoms with Gasteiger partial charge in [0.2, 0.25) is 0 Å². The molecule has 0 bridgehead atoms. The number of rotatable bonds is 4. The monoisotopic (exact) mass is 314 g/mol. The summed E-state index contributed by atoms with van der Waals surface area (Å²) in [6.45, 7) is 0. The maximum Gasteiger partial charge on any atom is 0.161 e. The first-order valence-electron chi connectivity index (χ1n) is 8.68. The number of terminal acetylenes is 1. The van der Waals surface area contributed by atoms with Gasteiger partial charge in [0, 0.05) is 0 Å². The number of aliphatic hydroxyl groups excluding tert-OH is 1. The lowest BCUT2D eigenvalue weighted by molar-refractivity contribution is 0.110. The van der Waals surface area contributed by atoms with Crippen LogP contribution in [0.5, 0.6) is 11.5 Å². The van der Waals surface area contributed by atoms with Crippen LogP contribution in [0.3, 0.4) is 0 Å². The van der Waals surface area contributed by atoms with Gasteiger partial charge in [-0.3, -0.25) is 0 Å². The molecule has 1 aromatic rings. The van der Waals surface area contributed by atoms with Crippen molar-refractivity contribution < 1.29 is 14.6 Å². The van der Waals surface area contributed by atoms with E-state index in [4.69, 9.17) is 15.9 Å². The zero-order valence-electron chi connectivity index (χ0n) is 13.9. The van der Waals surface area contributed by atoms with E-state index in [2.05, 4.69) is 18.1 Å². The summed E-state index contributed by atoms with van der Waals surface area (Å²) in [6.07, 6.45) is 13.8. The molecule has 0 spiro atoms. The van der Waals surface area contributed by atoms with Crippen molar-refractivity contribution in [1.29, 1.82) is 0 Å². The first-order valence-corrected chi connectivity index (χ1v) is 8.68. The number of aliphatic hydroxyl groups is 1. The van der Waals surface area contributed by atoms with Crippen LogP contribution in [0.4, 0.5) is 0 Å². The van der Waals surface area contributed by atoms with E-state index in [1.54, 1.807) is 7.11 Å². The molecule has 3 heteroatoms. The predicted molar refractivity (Wildman–Crippen MR) is 90.9 cm³/mol. The molecule has 0 saturated heterocycles. The van der Waals surface area contributed by atoms with Crippen molar-refractivity contribution in [2.45, 2.75) is 69.0 Å². The zero-order valence-corrected chi connectivity index (χ0v) is 13.9. The van der Waals surface area contributed by atoms with Crippen molar-refractivity contribution in [2.24, 2.45) is 0 Å². The van der Waals surface area contributed by atoms with Gasteiger partial charge in [-0.2, -0.15) is 0 Å². The molecular weight excluding hydrogens is 288 g/mol. The van der Waals surface area contributed by atoms with E-state index >= 15 is 0 Å². The first kappa shape index (κ1) is 16.2. The molecule has 0 heterocycles. The Balaban J connectivity index is 1.88. The molecular formula is C20H26O3. The fraction of sp³-hybridized carbons (Fsp3) is 0.600. The molecule has 0 aliphatic heterocycles. The van der Waals surface area contributed by atoms with Gasteiger partial charge in [-0.1, -0.05) is 12.0 Å². The van der Waals surface area contributed by atoms with Gasteiger partial charge in [0.15, 0.2) is 11.5 Å². The number of hydrogen-bond donors (Lipinski definition) is 1. The van der Waals surface area contributed by atoms with Crippen LogP contribution >= 0.6 is 0 Å². The molecule has 1 N–H and O–H groups in total. The molecule has 0 radical (unpaired) electrons.